The summed E-state index contributed by atoms with van der Waals surface area (Å²) in [4.78, 5) is 23.9. The zero-order chi connectivity index (χ0) is 15.8. The maximum Gasteiger partial charge on any atom is 0.239 e. The molecule has 22 heavy (non-hydrogen) atoms. The minimum absolute atomic E-state index is 0.00568. The van der Waals surface area contributed by atoms with Gasteiger partial charge in [-0.15, -0.1) is 0 Å². The monoisotopic (exact) mass is 304 g/mol. The van der Waals surface area contributed by atoms with Crippen LogP contribution < -0.4 is 10.6 Å². The Hall–Kier alpha value is -1.88. The summed E-state index contributed by atoms with van der Waals surface area (Å²) >= 11 is 0. The lowest BCUT2D eigenvalue weighted by Crippen LogP contribution is -2.40. The Kier molecular flexibility index (Phi) is 6.40. The van der Waals surface area contributed by atoms with Gasteiger partial charge in [0, 0.05) is 12.5 Å². The van der Waals surface area contributed by atoms with Crippen LogP contribution in [0.5, 0.6) is 0 Å². The number of hydrogen-bond donors (Lipinski definition) is 3. The normalized spacial score (nSPS) is 16.2. The number of carbonyl (C=O) groups is 2. The molecule has 0 aromatic heterocycles. The molecular weight excluding hydrogens is 280 g/mol. The first-order valence-corrected chi connectivity index (χ1v) is 7.93. The molecule has 0 heterocycles. The van der Waals surface area contributed by atoms with Crippen LogP contribution in [0, 0.1) is 5.92 Å². The molecule has 1 aliphatic carbocycles. The van der Waals surface area contributed by atoms with Gasteiger partial charge >= 0.3 is 0 Å². The van der Waals surface area contributed by atoms with Crippen LogP contribution in [0.2, 0.25) is 0 Å². The number of aliphatic hydroxyl groups excluding tert-OH is 1. The van der Waals surface area contributed by atoms with Crippen molar-refractivity contribution in [3.05, 3.63) is 35.9 Å². The van der Waals surface area contributed by atoms with Gasteiger partial charge in [0.1, 0.15) is 0 Å². The number of hydrogen-bond acceptors (Lipinski definition) is 3. The molecule has 2 rings (SSSR count). The molecule has 2 amide bonds. The maximum atomic E-state index is 12.0. The first kappa shape index (κ1) is 16.5. The molecule has 0 saturated heterocycles. The van der Waals surface area contributed by atoms with Gasteiger partial charge in [0.25, 0.3) is 0 Å². The molecule has 0 bridgehead atoms. The summed E-state index contributed by atoms with van der Waals surface area (Å²) in [6.07, 6.45) is 4.48. The van der Waals surface area contributed by atoms with Gasteiger partial charge in [0.2, 0.25) is 11.8 Å². The van der Waals surface area contributed by atoms with Crippen molar-refractivity contribution in [2.75, 3.05) is 13.2 Å². The van der Waals surface area contributed by atoms with Gasteiger partial charge in [-0.25, -0.2) is 0 Å². The Morgan fingerprint density at radius 1 is 1.18 bits per heavy atom. The van der Waals surface area contributed by atoms with E-state index in [9.17, 15) is 9.59 Å². The number of benzene rings is 1. The number of aliphatic hydroxyl groups is 1. The zero-order valence-corrected chi connectivity index (χ0v) is 12.8. The van der Waals surface area contributed by atoms with Crippen molar-refractivity contribution >= 4 is 11.8 Å². The van der Waals surface area contributed by atoms with Gasteiger partial charge in [0.15, 0.2) is 0 Å². The van der Waals surface area contributed by atoms with E-state index in [-0.39, 0.29) is 36.9 Å². The van der Waals surface area contributed by atoms with Gasteiger partial charge in [-0.2, -0.15) is 0 Å². The van der Waals surface area contributed by atoms with Crippen molar-refractivity contribution in [2.24, 2.45) is 5.92 Å². The third kappa shape index (κ3) is 4.84. The van der Waals surface area contributed by atoms with Crippen LogP contribution in [-0.2, 0) is 9.59 Å². The van der Waals surface area contributed by atoms with Crippen LogP contribution in [-0.4, -0.2) is 30.1 Å². The zero-order valence-electron chi connectivity index (χ0n) is 12.8. The fourth-order valence-electron chi connectivity index (χ4n) is 2.88. The highest BCUT2D eigenvalue weighted by Gasteiger charge is 2.23. The summed E-state index contributed by atoms with van der Waals surface area (Å²) in [6.45, 7) is -0.0155. The second-order valence-corrected chi connectivity index (χ2v) is 5.74. The van der Waals surface area contributed by atoms with E-state index < -0.39 is 0 Å². The predicted molar refractivity (Wildman–Crippen MR) is 84.0 cm³/mol. The van der Waals surface area contributed by atoms with Gasteiger partial charge in [-0.3, -0.25) is 9.59 Å². The molecule has 1 fully saturated rings. The Bertz CT molecular complexity index is 484. The van der Waals surface area contributed by atoms with Gasteiger partial charge < -0.3 is 15.7 Å². The van der Waals surface area contributed by atoms with Crippen molar-refractivity contribution < 1.29 is 14.7 Å². The van der Waals surface area contributed by atoms with Crippen LogP contribution in [0.3, 0.4) is 0 Å². The summed E-state index contributed by atoms with van der Waals surface area (Å²) < 4.78 is 0. The third-order valence-electron chi connectivity index (χ3n) is 4.10. The lowest BCUT2D eigenvalue weighted by atomic mass is 10.0. The molecule has 5 heteroatoms. The van der Waals surface area contributed by atoms with Gasteiger partial charge in [0.05, 0.1) is 12.6 Å². The molecular formula is C17H24N2O3. The molecule has 0 spiro atoms. The molecule has 1 atom stereocenters. The number of amides is 2. The molecule has 0 aliphatic heterocycles. The molecule has 5 nitrogen and oxygen atoms in total. The Morgan fingerprint density at radius 3 is 2.50 bits per heavy atom. The minimum atomic E-state index is -0.234. The van der Waals surface area contributed by atoms with Crippen molar-refractivity contribution in [2.45, 2.75) is 38.1 Å². The van der Waals surface area contributed by atoms with Crippen LogP contribution in [0.25, 0.3) is 0 Å². The van der Waals surface area contributed by atoms with E-state index in [1.165, 1.54) is 0 Å². The topological polar surface area (TPSA) is 78.4 Å². The Balaban J connectivity index is 1.82. The molecule has 0 radical (unpaired) electrons. The number of carbonyl (C=O) groups excluding carboxylic acids is 2. The summed E-state index contributed by atoms with van der Waals surface area (Å²) in [7, 11) is 0. The Morgan fingerprint density at radius 2 is 1.86 bits per heavy atom. The largest absolute Gasteiger partial charge is 0.396 e. The first-order chi connectivity index (χ1) is 10.7. The maximum absolute atomic E-state index is 12.0. The van der Waals surface area contributed by atoms with Gasteiger partial charge in [-0.05, 0) is 24.8 Å². The second-order valence-electron chi connectivity index (χ2n) is 5.74. The Labute approximate surface area is 131 Å². The van der Waals surface area contributed by atoms with Crippen LogP contribution in [0.1, 0.15) is 43.7 Å². The lowest BCUT2D eigenvalue weighted by Gasteiger charge is -2.19. The number of rotatable bonds is 7. The van der Waals surface area contributed by atoms with Crippen LogP contribution >= 0.6 is 0 Å². The highest BCUT2D eigenvalue weighted by Crippen LogP contribution is 2.24. The summed E-state index contributed by atoms with van der Waals surface area (Å²) in [5, 5.41) is 14.7. The predicted octanol–water partition coefficient (Wildman–Crippen LogP) is 1.53. The summed E-state index contributed by atoms with van der Waals surface area (Å²) in [5.74, 6) is -0.185. The SMILES string of the molecule is O=C(CNC(=O)C1CCCC1)NC(CCO)c1ccccc1. The van der Waals surface area contributed by atoms with E-state index in [0.29, 0.717) is 6.42 Å². The van der Waals surface area contributed by atoms with E-state index in [4.69, 9.17) is 5.11 Å². The van der Waals surface area contributed by atoms with E-state index >= 15 is 0 Å². The minimum Gasteiger partial charge on any atom is -0.396 e. The van der Waals surface area contributed by atoms with E-state index in [2.05, 4.69) is 10.6 Å². The molecule has 120 valence electrons. The molecule has 1 aliphatic rings. The van der Waals surface area contributed by atoms with Crippen molar-refractivity contribution in [3.63, 3.8) is 0 Å². The molecule has 1 unspecified atom stereocenters. The van der Waals surface area contributed by atoms with Crippen molar-refractivity contribution in [3.8, 4) is 0 Å². The van der Waals surface area contributed by atoms with Crippen molar-refractivity contribution in [1.29, 1.82) is 0 Å². The quantitative estimate of drug-likeness (QED) is 0.715. The molecule has 1 aromatic carbocycles. The smallest absolute Gasteiger partial charge is 0.239 e. The molecule has 1 saturated carbocycles. The second kappa shape index (κ2) is 8.54. The highest BCUT2D eigenvalue weighted by molar-refractivity contribution is 5.86. The standard InChI is InChI=1S/C17H24N2O3/c20-11-10-15(13-6-2-1-3-7-13)19-16(21)12-18-17(22)14-8-4-5-9-14/h1-3,6-7,14-15,20H,4-5,8-12H2,(H,18,22)(H,19,21). The van der Waals surface area contributed by atoms with E-state index in [1.807, 2.05) is 30.3 Å². The average Bonchev–Trinajstić information content (AvgIpc) is 3.07. The average molecular weight is 304 g/mol. The fraction of sp³-hybridized carbons (Fsp3) is 0.529. The fourth-order valence-corrected chi connectivity index (χ4v) is 2.88. The summed E-state index contributed by atoms with van der Waals surface area (Å²) in [5.41, 5.74) is 0.951. The third-order valence-corrected chi connectivity index (χ3v) is 4.10. The van der Waals surface area contributed by atoms with Crippen LogP contribution in [0.4, 0.5) is 0 Å². The van der Waals surface area contributed by atoms with E-state index in [1.54, 1.807) is 0 Å². The summed E-state index contributed by atoms with van der Waals surface area (Å²) in [6, 6.07) is 9.29. The number of nitrogens with one attached hydrogen (secondary N) is 2. The lowest BCUT2D eigenvalue weighted by molar-refractivity contribution is -0.128. The molecule has 3 N–H and O–H groups in total. The van der Waals surface area contributed by atoms with Crippen molar-refractivity contribution in [1.82, 2.24) is 10.6 Å². The van der Waals surface area contributed by atoms with Gasteiger partial charge in [-0.1, -0.05) is 43.2 Å². The van der Waals surface area contributed by atoms with Crippen LogP contribution in [0.15, 0.2) is 30.3 Å². The highest BCUT2D eigenvalue weighted by atomic mass is 16.3. The van der Waals surface area contributed by atoms with E-state index in [0.717, 1.165) is 31.2 Å². The molecule has 1 aromatic rings. The first-order valence-electron chi connectivity index (χ1n) is 7.93.